The van der Waals surface area contributed by atoms with Crippen LogP contribution in [0.2, 0.25) is 5.02 Å². The Kier molecular flexibility index (Phi) is 6.01. The average molecular weight is 388 g/mol. The Morgan fingerprint density at radius 2 is 1.81 bits per heavy atom. The van der Waals surface area contributed by atoms with Crippen LogP contribution in [0.25, 0.3) is 0 Å². The number of amides is 1. The molecule has 0 saturated heterocycles. The molecule has 0 saturated carbocycles. The lowest BCUT2D eigenvalue weighted by molar-refractivity contribution is -0.123. The van der Waals surface area contributed by atoms with Gasteiger partial charge >= 0.3 is 5.97 Å². The lowest BCUT2D eigenvalue weighted by atomic mass is 9.90. The Bertz CT molecular complexity index is 865. The van der Waals surface area contributed by atoms with Gasteiger partial charge < -0.3 is 14.8 Å². The third kappa shape index (κ3) is 4.61. The zero-order chi connectivity index (χ0) is 19.4. The van der Waals surface area contributed by atoms with Crippen LogP contribution in [0.3, 0.4) is 0 Å². The Hall–Kier alpha value is -2.53. The van der Waals surface area contributed by atoms with E-state index in [2.05, 4.69) is 5.32 Å². The van der Waals surface area contributed by atoms with Gasteiger partial charge in [-0.05, 0) is 74.1 Å². The summed E-state index contributed by atoms with van der Waals surface area (Å²) in [6.07, 6.45) is 3.37. The number of aryl methyl sites for hydroxylation is 2. The summed E-state index contributed by atoms with van der Waals surface area (Å²) < 4.78 is 10.5. The van der Waals surface area contributed by atoms with Crippen LogP contribution in [0, 0.1) is 0 Å². The van der Waals surface area contributed by atoms with Crippen molar-refractivity contribution in [3.63, 3.8) is 0 Å². The van der Waals surface area contributed by atoms with E-state index in [-0.39, 0.29) is 0 Å². The summed E-state index contributed by atoms with van der Waals surface area (Å²) >= 11 is 5.97. The van der Waals surface area contributed by atoms with Crippen LogP contribution in [0.5, 0.6) is 5.75 Å². The third-order valence-corrected chi connectivity index (χ3v) is 4.89. The monoisotopic (exact) mass is 387 g/mol. The molecule has 1 aliphatic carbocycles. The van der Waals surface area contributed by atoms with Gasteiger partial charge in [-0.2, -0.15) is 0 Å². The van der Waals surface area contributed by atoms with E-state index in [0.717, 1.165) is 19.3 Å². The maximum atomic E-state index is 12.4. The molecule has 1 aliphatic rings. The van der Waals surface area contributed by atoms with Crippen LogP contribution >= 0.6 is 11.6 Å². The highest BCUT2D eigenvalue weighted by atomic mass is 35.5. The first kappa shape index (κ1) is 19.2. The number of methoxy groups -OCH3 is 1. The number of hydrogen-bond donors (Lipinski definition) is 1. The first-order valence-electron chi connectivity index (χ1n) is 8.95. The molecule has 27 heavy (non-hydrogen) atoms. The normalized spacial score (nSPS) is 14.0. The highest BCUT2D eigenvalue weighted by molar-refractivity contribution is 6.31. The minimum atomic E-state index is -0.961. The number of rotatable bonds is 5. The summed E-state index contributed by atoms with van der Waals surface area (Å²) in [7, 11) is 1.50. The van der Waals surface area contributed by atoms with Crippen molar-refractivity contribution in [2.75, 3.05) is 12.4 Å². The van der Waals surface area contributed by atoms with Crippen LogP contribution in [-0.4, -0.2) is 25.1 Å². The molecule has 0 aliphatic heterocycles. The van der Waals surface area contributed by atoms with Crippen LogP contribution in [-0.2, 0) is 22.4 Å². The van der Waals surface area contributed by atoms with Crippen molar-refractivity contribution in [3.05, 3.63) is 58.1 Å². The van der Waals surface area contributed by atoms with Crippen LogP contribution < -0.4 is 10.1 Å². The molecule has 0 radical (unpaired) electrons. The highest BCUT2D eigenvalue weighted by Gasteiger charge is 2.21. The van der Waals surface area contributed by atoms with Crippen LogP contribution in [0.1, 0.15) is 41.3 Å². The van der Waals surface area contributed by atoms with Gasteiger partial charge in [-0.1, -0.05) is 17.7 Å². The summed E-state index contributed by atoms with van der Waals surface area (Å²) in [6.45, 7) is 1.53. The molecule has 6 heteroatoms. The van der Waals surface area contributed by atoms with Gasteiger partial charge in [-0.25, -0.2) is 4.79 Å². The Morgan fingerprint density at radius 1 is 1.07 bits per heavy atom. The molecule has 0 spiro atoms. The molecule has 2 aromatic rings. The SMILES string of the molecule is COc1ccc(Cl)cc1NC(=O)C(C)OC(=O)c1ccc2c(c1)CCCC2. The summed E-state index contributed by atoms with van der Waals surface area (Å²) in [6, 6.07) is 10.5. The van der Waals surface area contributed by atoms with E-state index >= 15 is 0 Å². The molecule has 0 heterocycles. The van der Waals surface area contributed by atoms with Gasteiger partial charge in [0.25, 0.3) is 5.91 Å². The topological polar surface area (TPSA) is 64.6 Å². The molecular formula is C21H22ClNO4. The van der Waals surface area contributed by atoms with Crippen molar-refractivity contribution in [3.8, 4) is 5.75 Å². The van der Waals surface area contributed by atoms with Gasteiger partial charge in [0, 0.05) is 5.02 Å². The third-order valence-electron chi connectivity index (χ3n) is 4.66. The highest BCUT2D eigenvalue weighted by Crippen LogP contribution is 2.28. The molecule has 1 amide bonds. The maximum absolute atomic E-state index is 12.4. The predicted octanol–water partition coefficient (Wildman–Crippen LogP) is 4.41. The van der Waals surface area contributed by atoms with E-state index in [0.29, 0.717) is 22.0 Å². The molecule has 3 rings (SSSR count). The summed E-state index contributed by atoms with van der Waals surface area (Å²) in [5.41, 5.74) is 3.37. The average Bonchev–Trinajstić information content (AvgIpc) is 2.67. The van der Waals surface area contributed by atoms with E-state index in [9.17, 15) is 9.59 Å². The Balaban J connectivity index is 1.66. The standard InChI is InChI=1S/C21H22ClNO4/c1-13(20(24)23-18-12-17(22)9-10-19(18)26-2)27-21(25)16-8-7-14-5-3-4-6-15(14)11-16/h7-13H,3-6H2,1-2H3,(H,23,24). The molecule has 1 unspecified atom stereocenters. The number of fused-ring (bicyclic) bond motifs is 1. The van der Waals surface area contributed by atoms with Crippen molar-refractivity contribution in [2.24, 2.45) is 0 Å². The molecule has 1 N–H and O–H groups in total. The number of esters is 1. The lowest BCUT2D eigenvalue weighted by Crippen LogP contribution is -2.30. The smallest absolute Gasteiger partial charge is 0.338 e. The summed E-state index contributed by atoms with van der Waals surface area (Å²) in [4.78, 5) is 24.8. The molecule has 1 atom stereocenters. The predicted molar refractivity (Wildman–Crippen MR) is 105 cm³/mol. The van der Waals surface area contributed by atoms with E-state index in [1.54, 1.807) is 24.3 Å². The van der Waals surface area contributed by atoms with Crippen molar-refractivity contribution < 1.29 is 19.1 Å². The zero-order valence-corrected chi connectivity index (χ0v) is 16.1. The fourth-order valence-corrected chi connectivity index (χ4v) is 3.33. The number of carbonyl (C=O) groups is 2. The zero-order valence-electron chi connectivity index (χ0n) is 15.4. The minimum absolute atomic E-state index is 0.423. The lowest BCUT2D eigenvalue weighted by Gasteiger charge is -2.18. The van der Waals surface area contributed by atoms with Gasteiger partial charge in [-0.15, -0.1) is 0 Å². The van der Waals surface area contributed by atoms with E-state index in [1.165, 1.54) is 31.6 Å². The van der Waals surface area contributed by atoms with Crippen molar-refractivity contribution in [1.29, 1.82) is 0 Å². The van der Waals surface area contributed by atoms with E-state index in [1.807, 2.05) is 12.1 Å². The minimum Gasteiger partial charge on any atom is -0.495 e. The summed E-state index contributed by atoms with van der Waals surface area (Å²) in [5, 5.41) is 3.15. The molecule has 142 valence electrons. The molecule has 0 aromatic heterocycles. The van der Waals surface area contributed by atoms with Gasteiger partial charge in [-0.3, -0.25) is 4.79 Å². The number of hydrogen-bond acceptors (Lipinski definition) is 4. The number of carbonyl (C=O) groups excluding carboxylic acids is 2. The van der Waals surface area contributed by atoms with Gasteiger partial charge in [0.15, 0.2) is 6.10 Å². The van der Waals surface area contributed by atoms with Gasteiger partial charge in [0.05, 0.1) is 18.4 Å². The second-order valence-corrected chi connectivity index (χ2v) is 7.01. The van der Waals surface area contributed by atoms with Crippen LogP contribution in [0.15, 0.2) is 36.4 Å². The second-order valence-electron chi connectivity index (χ2n) is 6.57. The van der Waals surface area contributed by atoms with Crippen molar-refractivity contribution in [1.82, 2.24) is 0 Å². The molecule has 0 bridgehead atoms. The fourth-order valence-electron chi connectivity index (χ4n) is 3.15. The maximum Gasteiger partial charge on any atom is 0.338 e. The number of anilines is 1. The molecule has 0 fully saturated rings. The first-order valence-corrected chi connectivity index (χ1v) is 9.33. The molecule has 5 nitrogen and oxygen atoms in total. The summed E-state index contributed by atoms with van der Waals surface area (Å²) in [5.74, 6) is -0.494. The Morgan fingerprint density at radius 3 is 2.56 bits per heavy atom. The first-order chi connectivity index (χ1) is 13.0. The molecular weight excluding hydrogens is 366 g/mol. The van der Waals surface area contributed by atoms with Gasteiger partial charge in [0.1, 0.15) is 5.75 Å². The largest absolute Gasteiger partial charge is 0.495 e. The fraction of sp³-hybridized carbons (Fsp3) is 0.333. The van der Waals surface area contributed by atoms with Crippen molar-refractivity contribution in [2.45, 2.75) is 38.7 Å². The number of halogens is 1. The van der Waals surface area contributed by atoms with Crippen molar-refractivity contribution >= 4 is 29.2 Å². The number of ether oxygens (including phenoxy) is 2. The quantitative estimate of drug-likeness (QED) is 0.772. The number of benzene rings is 2. The molecule has 2 aromatic carbocycles. The number of nitrogens with one attached hydrogen (secondary N) is 1. The van der Waals surface area contributed by atoms with E-state index < -0.39 is 18.0 Å². The van der Waals surface area contributed by atoms with Gasteiger partial charge in [0.2, 0.25) is 0 Å². The second kappa shape index (κ2) is 8.44. The van der Waals surface area contributed by atoms with E-state index in [4.69, 9.17) is 21.1 Å². The Labute approximate surface area is 163 Å². The van der Waals surface area contributed by atoms with Crippen LogP contribution in [0.4, 0.5) is 5.69 Å².